The molecule has 1 N–H and O–H groups in total. The van der Waals surface area contributed by atoms with Crippen LogP contribution in [0.1, 0.15) is 0 Å². The minimum atomic E-state index is -3.84. The quantitative estimate of drug-likeness (QED) is 0.674. The molecule has 0 unspecified atom stereocenters. The van der Waals surface area contributed by atoms with Crippen molar-refractivity contribution in [2.75, 3.05) is 47.4 Å². The molecule has 3 aromatic carbocycles. The van der Waals surface area contributed by atoms with E-state index in [1.165, 1.54) is 6.07 Å². The van der Waals surface area contributed by atoms with Crippen molar-refractivity contribution in [3.63, 3.8) is 0 Å². The molecule has 1 saturated heterocycles. The second-order valence-electron chi connectivity index (χ2n) is 7.46. The number of amides is 1. The molecule has 2 heterocycles. The van der Waals surface area contributed by atoms with Crippen LogP contribution in [0.2, 0.25) is 0 Å². The Morgan fingerprint density at radius 2 is 1.77 bits per heavy atom. The van der Waals surface area contributed by atoms with Crippen molar-refractivity contribution >= 4 is 43.8 Å². The predicted octanol–water partition coefficient (Wildman–Crippen LogP) is 2.96. The number of carbonyl (C=O) groups excluding carboxylic acids is 1. The van der Waals surface area contributed by atoms with Gasteiger partial charge in [0.2, 0.25) is 5.91 Å². The lowest BCUT2D eigenvalue weighted by molar-refractivity contribution is -0.114. The Balaban J connectivity index is 1.36. The van der Waals surface area contributed by atoms with Gasteiger partial charge in [0, 0.05) is 24.2 Å². The molecule has 0 bridgehead atoms. The van der Waals surface area contributed by atoms with Gasteiger partial charge in [0.05, 0.1) is 29.5 Å². The second kappa shape index (κ2) is 7.51. The van der Waals surface area contributed by atoms with Crippen molar-refractivity contribution in [1.82, 2.24) is 0 Å². The molecular formula is C22H20FN3O4S. The summed E-state index contributed by atoms with van der Waals surface area (Å²) in [5.41, 5.74) is 1.19. The first kappa shape index (κ1) is 19.8. The van der Waals surface area contributed by atoms with Gasteiger partial charge in [0.1, 0.15) is 12.4 Å². The highest BCUT2D eigenvalue weighted by atomic mass is 32.2. The minimum Gasteiger partial charge on any atom is -0.378 e. The Bertz CT molecular complexity index is 1280. The van der Waals surface area contributed by atoms with Gasteiger partial charge in [-0.15, -0.1) is 0 Å². The van der Waals surface area contributed by atoms with Crippen LogP contribution in [0, 0.1) is 5.82 Å². The lowest BCUT2D eigenvalue weighted by Crippen LogP contribution is -2.37. The molecule has 0 aliphatic carbocycles. The van der Waals surface area contributed by atoms with Crippen LogP contribution < -0.4 is 14.5 Å². The van der Waals surface area contributed by atoms with Crippen molar-refractivity contribution in [1.29, 1.82) is 0 Å². The Kier molecular flexibility index (Phi) is 4.79. The van der Waals surface area contributed by atoms with E-state index in [9.17, 15) is 17.6 Å². The minimum absolute atomic E-state index is 0.189. The molecule has 160 valence electrons. The summed E-state index contributed by atoms with van der Waals surface area (Å²) in [4.78, 5) is 14.7. The Labute approximate surface area is 179 Å². The third kappa shape index (κ3) is 3.39. The van der Waals surface area contributed by atoms with E-state index in [4.69, 9.17) is 4.74 Å². The highest BCUT2D eigenvalue weighted by Crippen LogP contribution is 2.41. The van der Waals surface area contributed by atoms with Crippen LogP contribution in [0.5, 0.6) is 0 Å². The number of hydrogen-bond acceptors (Lipinski definition) is 5. The van der Waals surface area contributed by atoms with Gasteiger partial charge in [-0.25, -0.2) is 12.8 Å². The maximum absolute atomic E-state index is 14.6. The number of hydrogen-bond donors (Lipinski definition) is 1. The molecule has 7 nitrogen and oxygen atoms in total. The number of halogens is 1. The molecule has 9 heteroatoms. The van der Waals surface area contributed by atoms with Gasteiger partial charge in [0.25, 0.3) is 10.0 Å². The molecule has 2 aliphatic rings. The van der Waals surface area contributed by atoms with Crippen LogP contribution in [0.25, 0.3) is 10.8 Å². The molecule has 0 spiro atoms. The number of nitrogens with one attached hydrogen (secondary N) is 1. The van der Waals surface area contributed by atoms with Gasteiger partial charge in [-0.1, -0.05) is 24.3 Å². The molecule has 1 fully saturated rings. The van der Waals surface area contributed by atoms with E-state index in [0.717, 1.165) is 9.69 Å². The van der Waals surface area contributed by atoms with Crippen LogP contribution in [-0.2, 0) is 19.6 Å². The standard InChI is InChI=1S/C22H20FN3O4S/c23-17-13-16(7-8-18(17)25-9-11-30-12-10-25)24-21(27)14-26-19-5-1-3-15-4-2-6-20(22(15)19)31(26,28)29/h1-8,13H,9-12,14H2,(H,24,27). The first-order valence-electron chi connectivity index (χ1n) is 9.92. The van der Waals surface area contributed by atoms with Crippen molar-refractivity contribution < 1.29 is 22.3 Å². The number of sulfonamides is 1. The summed E-state index contributed by atoms with van der Waals surface area (Å²) in [5, 5.41) is 4.01. The third-order valence-electron chi connectivity index (χ3n) is 5.55. The highest BCUT2D eigenvalue weighted by Gasteiger charge is 2.36. The average molecular weight is 441 g/mol. The third-order valence-corrected chi connectivity index (χ3v) is 7.35. The maximum atomic E-state index is 14.6. The van der Waals surface area contributed by atoms with Crippen molar-refractivity contribution in [3.8, 4) is 0 Å². The van der Waals surface area contributed by atoms with Gasteiger partial charge >= 0.3 is 0 Å². The molecule has 0 radical (unpaired) electrons. The lowest BCUT2D eigenvalue weighted by atomic mass is 10.1. The Hall–Kier alpha value is -3.17. The number of anilines is 3. The summed E-state index contributed by atoms with van der Waals surface area (Å²) in [6, 6.07) is 14.8. The predicted molar refractivity (Wildman–Crippen MR) is 117 cm³/mol. The SMILES string of the molecule is O=C(CN1c2cccc3cccc(c23)S1(=O)=O)Nc1ccc(N2CCOCC2)c(F)c1. The highest BCUT2D eigenvalue weighted by molar-refractivity contribution is 7.93. The Morgan fingerprint density at radius 3 is 2.52 bits per heavy atom. The summed E-state index contributed by atoms with van der Waals surface area (Å²) in [7, 11) is -3.84. The molecule has 1 amide bonds. The summed E-state index contributed by atoms with van der Waals surface area (Å²) in [6.07, 6.45) is 0. The first-order chi connectivity index (χ1) is 14.9. The molecule has 0 atom stereocenters. The molecule has 3 aromatic rings. The Morgan fingerprint density at radius 1 is 1.03 bits per heavy atom. The van der Waals surface area contributed by atoms with Crippen LogP contribution in [0.15, 0.2) is 59.5 Å². The maximum Gasteiger partial charge on any atom is 0.265 e. The zero-order chi connectivity index (χ0) is 21.6. The number of nitrogens with zero attached hydrogens (tertiary/aromatic N) is 2. The van der Waals surface area contributed by atoms with Crippen molar-refractivity contribution in [3.05, 3.63) is 60.4 Å². The summed E-state index contributed by atoms with van der Waals surface area (Å²) in [6.45, 7) is 1.88. The fourth-order valence-corrected chi connectivity index (χ4v) is 5.77. The fourth-order valence-electron chi connectivity index (χ4n) is 4.10. The van der Waals surface area contributed by atoms with E-state index >= 15 is 0 Å². The normalized spacial score (nSPS) is 17.2. The number of rotatable bonds is 4. The van der Waals surface area contributed by atoms with Crippen LogP contribution in [0.3, 0.4) is 0 Å². The van der Waals surface area contributed by atoms with E-state index in [1.54, 1.807) is 36.4 Å². The number of carbonyl (C=O) groups is 1. The summed E-state index contributed by atoms with van der Waals surface area (Å²) in [5.74, 6) is -1.00. The monoisotopic (exact) mass is 441 g/mol. The summed E-state index contributed by atoms with van der Waals surface area (Å²) < 4.78 is 47.0. The number of morpholine rings is 1. The topological polar surface area (TPSA) is 79.0 Å². The van der Waals surface area contributed by atoms with E-state index < -0.39 is 28.3 Å². The van der Waals surface area contributed by atoms with E-state index in [-0.39, 0.29) is 10.6 Å². The molecule has 2 aliphatic heterocycles. The van der Waals surface area contributed by atoms with Gasteiger partial charge in [-0.3, -0.25) is 9.10 Å². The second-order valence-corrected chi connectivity index (χ2v) is 9.29. The molecule has 31 heavy (non-hydrogen) atoms. The molecule has 5 rings (SSSR count). The molecular weight excluding hydrogens is 421 g/mol. The van der Waals surface area contributed by atoms with Crippen LogP contribution in [-0.4, -0.2) is 47.2 Å². The van der Waals surface area contributed by atoms with Crippen LogP contribution in [0.4, 0.5) is 21.5 Å². The number of ether oxygens (including phenoxy) is 1. The van der Waals surface area contributed by atoms with Gasteiger partial charge in [-0.05, 0) is 35.7 Å². The van der Waals surface area contributed by atoms with Gasteiger partial charge in [0.15, 0.2) is 0 Å². The van der Waals surface area contributed by atoms with E-state index in [1.807, 2.05) is 17.0 Å². The van der Waals surface area contributed by atoms with Crippen molar-refractivity contribution in [2.45, 2.75) is 4.90 Å². The van der Waals surface area contributed by atoms with E-state index in [2.05, 4.69) is 5.32 Å². The number of benzene rings is 3. The average Bonchev–Trinajstić information content (AvgIpc) is 2.98. The van der Waals surface area contributed by atoms with E-state index in [0.29, 0.717) is 43.1 Å². The zero-order valence-electron chi connectivity index (χ0n) is 16.5. The largest absolute Gasteiger partial charge is 0.378 e. The van der Waals surface area contributed by atoms with Gasteiger partial charge in [-0.2, -0.15) is 0 Å². The fraction of sp³-hybridized carbons (Fsp3) is 0.227. The van der Waals surface area contributed by atoms with Crippen LogP contribution >= 0.6 is 0 Å². The molecule has 0 aromatic heterocycles. The smallest absolute Gasteiger partial charge is 0.265 e. The first-order valence-corrected chi connectivity index (χ1v) is 11.4. The van der Waals surface area contributed by atoms with Gasteiger partial charge < -0.3 is 15.0 Å². The lowest BCUT2D eigenvalue weighted by Gasteiger charge is -2.29. The summed E-state index contributed by atoms with van der Waals surface area (Å²) >= 11 is 0. The van der Waals surface area contributed by atoms with Crippen molar-refractivity contribution in [2.24, 2.45) is 0 Å². The molecule has 0 saturated carbocycles. The zero-order valence-corrected chi connectivity index (χ0v) is 17.4.